The molecule has 0 radical (unpaired) electrons. The van der Waals surface area contributed by atoms with Crippen molar-refractivity contribution in [3.63, 3.8) is 0 Å². The first-order valence-electron chi connectivity index (χ1n) is 8.70. The molecule has 1 atom stereocenters. The molecule has 0 aliphatic carbocycles. The summed E-state index contributed by atoms with van der Waals surface area (Å²) in [6, 6.07) is 3.68. The highest BCUT2D eigenvalue weighted by molar-refractivity contribution is 5.94. The lowest BCUT2D eigenvalue weighted by atomic mass is 10.1. The van der Waals surface area contributed by atoms with Crippen molar-refractivity contribution in [2.75, 3.05) is 33.3 Å². The van der Waals surface area contributed by atoms with Crippen LogP contribution in [0.4, 0.5) is 4.39 Å². The minimum absolute atomic E-state index is 0.0906. The van der Waals surface area contributed by atoms with E-state index in [0.717, 1.165) is 0 Å². The number of nitrogens with zero attached hydrogens (tertiary/aromatic N) is 2. The second kappa shape index (κ2) is 7.72. The number of rotatable bonds is 3. The Morgan fingerprint density at radius 3 is 2.58 bits per heavy atom. The van der Waals surface area contributed by atoms with Crippen LogP contribution in [0.15, 0.2) is 18.2 Å². The smallest absolute Gasteiger partial charge is 0.254 e. The molecule has 0 saturated carbocycles. The van der Waals surface area contributed by atoms with Gasteiger partial charge in [-0.2, -0.15) is 0 Å². The first-order chi connectivity index (χ1) is 12.5. The van der Waals surface area contributed by atoms with Gasteiger partial charge < -0.3 is 19.9 Å². The zero-order valence-corrected chi connectivity index (χ0v) is 14.7. The highest BCUT2D eigenvalue weighted by atomic mass is 19.1. The maximum Gasteiger partial charge on any atom is 0.254 e. The van der Waals surface area contributed by atoms with E-state index in [0.29, 0.717) is 45.4 Å². The van der Waals surface area contributed by atoms with Crippen LogP contribution in [0.5, 0.6) is 5.75 Å². The van der Waals surface area contributed by atoms with Crippen LogP contribution >= 0.6 is 0 Å². The minimum Gasteiger partial charge on any atom is -0.494 e. The maximum absolute atomic E-state index is 13.8. The third-order valence-electron chi connectivity index (χ3n) is 4.79. The van der Waals surface area contributed by atoms with Gasteiger partial charge in [0.1, 0.15) is 6.04 Å². The molecule has 0 bridgehead atoms. The number of benzene rings is 1. The molecule has 2 saturated heterocycles. The van der Waals surface area contributed by atoms with Crippen molar-refractivity contribution in [1.29, 1.82) is 0 Å². The van der Waals surface area contributed by atoms with Crippen LogP contribution in [0.3, 0.4) is 0 Å². The van der Waals surface area contributed by atoms with Gasteiger partial charge >= 0.3 is 0 Å². The SMILES string of the molecule is COc1ccc(C(=O)N2CCCN(C(=O)C3CCC(=O)N3)CC2)cc1F. The summed E-state index contributed by atoms with van der Waals surface area (Å²) in [5, 5.41) is 2.68. The van der Waals surface area contributed by atoms with Crippen molar-refractivity contribution in [2.45, 2.75) is 25.3 Å². The first-order valence-corrected chi connectivity index (χ1v) is 8.70. The van der Waals surface area contributed by atoms with Crippen molar-refractivity contribution >= 4 is 17.7 Å². The van der Waals surface area contributed by atoms with E-state index >= 15 is 0 Å². The van der Waals surface area contributed by atoms with Gasteiger partial charge in [-0.05, 0) is 31.0 Å². The second-order valence-corrected chi connectivity index (χ2v) is 6.48. The van der Waals surface area contributed by atoms with Crippen molar-refractivity contribution in [3.05, 3.63) is 29.6 Å². The summed E-state index contributed by atoms with van der Waals surface area (Å²) < 4.78 is 18.7. The zero-order valence-electron chi connectivity index (χ0n) is 14.7. The predicted octanol–water partition coefficient (Wildman–Crippen LogP) is 0.787. The average molecular weight is 363 g/mol. The highest BCUT2D eigenvalue weighted by Gasteiger charge is 2.32. The second-order valence-electron chi connectivity index (χ2n) is 6.48. The molecule has 26 heavy (non-hydrogen) atoms. The normalized spacial score (nSPS) is 20.5. The number of carbonyl (C=O) groups is 3. The number of methoxy groups -OCH3 is 1. The number of ether oxygens (including phenoxy) is 1. The fraction of sp³-hybridized carbons (Fsp3) is 0.500. The van der Waals surface area contributed by atoms with Gasteiger partial charge in [0, 0.05) is 38.2 Å². The molecule has 8 heteroatoms. The van der Waals surface area contributed by atoms with Crippen molar-refractivity contribution in [1.82, 2.24) is 15.1 Å². The summed E-state index contributed by atoms with van der Waals surface area (Å²) in [6.07, 6.45) is 1.52. The topological polar surface area (TPSA) is 79.0 Å². The zero-order chi connectivity index (χ0) is 18.7. The first kappa shape index (κ1) is 18.2. The standard InChI is InChI=1S/C18H22FN3O4/c1-26-15-5-3-12(11-13(15)19)17(24)21-7-2-8-22(10-9-21)18(25)14-4-6-16(23)20-14/h3,5,11,14H,2,4,6-10H2,1H3,(H,20,23). The molecule has 0 spiro atoms. The van der Waals surface area contributed by atoms with Gasteiger partial charge in [-0.25, -0.2) is 4.39 Å². The van der Waals surface area contributed by atoms with Crippen molar-refractivity contribution in [3.8, 4) is 5.75 Å². The lowest BCUT2D eigenvalue weighted by Crippen LogP contribution is -2.46. The lowest BCUT2D eigenvalue weighted by molar-refractivity contribution is -0.134. The maximum atomic E-state index is 13.8. The van der Waals surface area contributed by atoms with E-state index in [-0.39, 0.29) is 29.0 Å². The van der Waals surface area contributed by atoms with Crippen LogP contribution in [0.25, 0.3) is 0 Å². The lowest BCUT2D eigenvalue weighted by Gasteiger charge is -2.24. The van der Waals surface area contributed by atoms with Crippen molar-refractivity contribution in [2.24, 2.45) is 0 Å². The molecule has 0 aromatic heterocycles. The van der Waals surface area contributed by atoms with Crippen LogP contribution < -0.4 is 10.1 Å². The molecule has 1 aromatic rings. The number of hydrogen-bond donors (Lipinski definition) is 1. The molecule has 1 unspecified atom stereocenters. The van der Waals surface area contributed by atoms with E-state index in [2.05, 4.69) is 5.32 Å². The predicted molar refractivity (Wildman–Crippen MR) is 91.2 cm³/mol. The van der Waals surface area contributed by atoms with E-state index in [1.54, 1.807) is 9.80 Å². The quantitative estimate of drug-likeness (QED) is 0.861. The Labute approximate surface area is 151 Å². The van der Waals surface area contributed by atoms with E-state index in [1.165, 1.54) is 25.3 Å². The Balaban J connectivity index is 1.63. The molecule has 2 fully saturated rings. The third kappa shape index (κ3) is 3.79. The van der Waals surface area contributed by atoms with Crippen LogP contribution in [-0.2, 0) is 9.59 Å². The summed E-state index contributed by atoms with van der Waals surface area (Å²) in [5.41, 5.74) is 0.256. The van der Waals surface area contributed by atoms with E-state index in [4.69, 9.17) is 4.74 Å². The molecule has 2 aliphatic heterocycles. The van der Waals surface area contributed by atoms with Gasteiger partial charge in [0.2, 0.25) is 11.8 Å². The van der Waals surface area contributed by atoms with Crippen molar-refractivity contribution < 1.29 is 23.5 Å². The Morgan fingerprint density at radius 2 is 1.92 bits per heavy atom. The molecule has 2 aliphatic rings. The molecule has 7 nitrogen and oxygen atoms in total. The molecule has 3 rings (SSSR count). The van der Waals surface area contributed by atoms with Crippen LogP contribution in [0.1, 0.15) is 29.6 Å². The Hall–Kier alpha value is -2.64. The molecule has 3 amide bonds. The van der Waals surface area contributed by atoms with Gasteiger partial charge in [-0.1, -0.05) is 0 Å². The van der Waals surface area contributed by atoms with Gasteiger partial charge in [-0.3, -0.25) is 14.4 Å². The number of amides is 3. The van der Waals surface area contributed by atoms with Crippen LogP contribution in [0, 0.1) is 5.82 Å². The minimum atomic E-state index is -0.582. The number of carbonyl (C=O) groups excluding carboxylic acids is 3. The fourth-order valence-corrected chi connectivity index (χ4v) is 3.34. The summed E-state index contributed by atoms with van der Waals surface area (Å²) >= 11 is 0. The van der Waals surface area contributed by atoms with Crippen LogP contribution in [-0.4, -0.2) is 66.9 Å². The Morgan fingerprint density at radius 1 is 1.19 bits per heavy atom. The number of halogens is 1. The monoisotopic (exact) mass is 363 g/mol. The highest BCUT2D eigenvalue weighted by Crippen LogP contribution is 2.19. The molecule has 1 N–H and O–H groups in total. The molecule has 140 valence electrons. The largest absolute Gasteiger partial charge is 0.494 e. The molecular formula is C18H22FN3O4. The van der Waals surface area contributed by atoms with Gasteiger partial charge in [0.15, 0.2) is 11.6 Å². The summed E-state index contributed by atoms with van der Waals surface area (Å²) in [7, 11) is 1.37. The van der Waals surface area contributed by atoms with E-state index in [1.807, 2.05) is 0 Å². The number of hydrogen-bond acceptors (Lipinski definition) is 4. The summed E-state index contributed by atoms with van der Waals surface area (Å²) in [6.45, 7) is 1.80. The van der Waals surface area contributed by atoms with Gasteiger partial charge in [-0.15, -0.1) is 0 Å². The van der Waals surface area contributed by atoms with E-state index < -0.39 is 11.9 Å². The van der Waals surface area contributed by atoms with E-state index in [9.17, 15) is 18.8 Å². The average Bonchev–Trinajstić information content (AvgIpc) is 2.92. The van der Waals surface area contributed by atoms with Crippen LogP contribution in [0.2, 0.25) is 0 Å². The third-order valence-corrected chi connectivity index (χ3v) is 4.79. The van der Waals surface area contributed by atoms with Gasteiger partial charge in [0.25, 0.3) is 5.91 Å². The number of nitrogens with one attached hydrogen (secondary N) is 1. The Bertz CT molecular complexity index is 724. The summed E-state index contributed by atoms with van der Waals surface area (Å²) in [5.74, 6) is -0.957. The Kier molecular flexibility index (Phi) is 5.39. The van der Waals surface area contributed by atoms with Gasteiger partial charge in [0.05, 0.1) is 7.11 Å². The molecule has 1 aromatic carbocycles. The summed E-state index contributed by atoms with van der Waals surface area (Å²) in [4.78, 5) is 39.8. The molecule has 2 heterocycles. The molecular weight excluding hydrogens is 341 g/mol. The fourth-order valence-electron chi connectivity index (χ4n) is 3.34.